The monoisotopic (exact) mass is 313 g/mol. The van der Waals surface area contributed by atoms with Crippen LogP contribution in [-0.2, 0) is 13.6 Å². The van der Waals surface area contributed by atoms with Crippen molar-refractivity contribution in [3.05, 3.63) is 35.6 Å². The van der Waals surface area contributed by atoms with Crippen LogP contribution >= 0.6 is 7.60 Å². The van der Waals surface area contributed by atoms with E-state index in [4.69, 9.17) is 9.05 Å². The van der Waals surface area contributed by atoms with Crippen molar-refractivity contribution in [3.63, 3.8) is 0 Å². The Morgan fingerprint density at radius 3 is 2.43 bits per heavy atom. The summed E-state index contributed by atoms with van der Waals surface area (Å²) in [7, 11) is -3.19. The lowest BCUT2D eigenvalue weighted by molar-refractivity contribution is 0.204. The molecule has 1 N–H and O–H groups in total. The summed E-state index contributed by atoms with van der Waals surface area (Å²) in [6.45, 7) is 5.18. The molecular formula is C15H21FNO3P. The maximum absolute atomic E-state index is 13.3. The summed E-state index contributed by atoms with van der Waals surface area (Å²) in [4.78, 5) is 0. The number of rotatable bonds is 6. The smallest absolute Gasteiger partial charge is 0.309 e. The van der Waals surface area contributed by atoms with Crippen LogP contribution in [0.15, 0.2) is 24.3 Å². The third-order valence-corrected chi connectivity index (χ3v) is 7.52. The van der Waals surface area contributed by atoms with Gasteiger partial charge in [-0.1, -0.05) is 12.1 Å². The van der Waals surface area contributed by atoms with Gasteiger partial charge in [-0.25, -0.2) is 4.39 Å². The minimum Gasteiger partial charge on any atom is -0.309 e. The molecule has 4 nitrogen and oxygen atoms in total. The summed E-state index contributed by atoms with van der Waals surface area (Å²) in [5.74, 6) is 0.0347. The summed E-state index contributed by atoms with van der Waals surface area (Å²) >= 11 is 0. The number of hydrogen-bond donors (Lipinski definition) is 1. The highest BCUT2D eigenvalue weighted by molar-refractivity contribution is 7.56. The zero-order valence-electron chi connectivity index (χ0n) is 12.3. The van der Waals surface area contributed by atoms with E-state index in [0.717, 1.165) is 18.5 Å². The van der Waals surface area contributed by atoms with Crippen molar-refractivity contribution in [3.8, 4) is 0 Å². The molecule has 1 saturated carbocycles. The van der Waals surface area contributed by atoms with Crippen LogP contribution in [-0.4, -0.2) is 24.9 Å². The van der Waals surface area contributed by atoms with Crippen LogP contribution < -0.4 is 5.32 Å². The van der Waals surface area contributed by atoms with Gasteiger partial charge in [-0.3, -0.25) is 4.57 Å². The van der Waals surface area contributed by atoms with Crippen molar-refractivity contribution >= 4 is 7.60 Å². The fourth-order valence-corrected chi connectivity index (χ4v) is 6.32. The summed E-state index contributed by atoms with van der Waals surface area (Å²) in [5.41, 5.74) is 0.941. The predicted octanol–water partition coefficient (Wildman–Crippen LogP) is 3.49. The molecule has 116 valence electrons. The molecule has 0 aromatic heterocycles. The molecule has 21 heavy (non-hydrogen) atoms. The average Bonchev–Trinajstić information content (AvgIpc) is 3.08. The average molecular weight is 313 g/mol. The molecule has 6 heteroatoms. The molecule has 3 rings (SSSR count). The van der Waals surface area contributed by atoms with Crippen LogP contribution in [0.1, 0.15) is 31.9 Å². The largest absolute Gasteiger partial charge is 0.338 e. The second kappa shape index (κ2) is 5.47. The third kappa shape index (κ3) is 2.27. The first kappa shape index (κ1) is 15.2. The summed E-state index contributed by atoms with van der Waals surface area (Å²) in [6.07, 6.45) is 0.833. The van der Waals surface area contributed by atoms with Gasteiger partial charge in [-0.05, 0) is 50.4 Å². The van der Waals surface area contributed by atoms with Gasteiger partial charge in [-0.2, -0.15) is 0 Å². The lowest BCUT2D eigenvalue weighted by atomic mass is 10.0. The minimum atomic E-state index is -3.19. The summed E-state index contributed by atoms with van der Waals surface area (Å²) < 4.78 is 37.6. The number of halogens is 1. The Morgan fingerprint density at radius 1 is 1.29 bits per heavy atom. The Kier molecular flexibility index (Phi) is 3.95. The van der Waals surface area contributed by atoms with E-state index in [1.165, 1.54) is 12.1 Å². The van der Waals surface area contributed by atoms with Crippen LogP contribution in [0.5, 0.6) is 0 Å². The van der Waals surface area contributed by atoms with Crippen LogP contribution in [0, 0.1) is 11.7 Å². The Bertz CT molecular complexity index is 555. The van der Waals surface area contributed by atoms with Crippen molar-refractivity contribution in [1.82, 2.24) is 5.32 Å². The van der Waals surface area contributed by atoms with E-state index >= 15 is 0 Å². The van der Waals surface area contributed by atoms with Crippen LogP contribution in [0.4, 0.5) is 4.39 Å². The van der Waals surface area contributed by atoms with E-state index in [9.17, 15) is 8.96 Å². The minimum absolute atomic E-state index is 0.105. The zero-order valence-corrected chi connectivity index (χ0v) is 13.2. The molecule has 1 aliphatic carbocycles. The highest BCUT2D eigenvalue weighted by atomic mass is 31.2. The van der Waals surface area contributed by atoms with E-state index in [0.29, 0.717) is 19.1 Å². The van der Waals surface area contributed by atoms with E-state index in [2.05, 4.69) is 5.32 Å². The molecule has 3 unspecified atom stereocenters. The van der Waals surface area contributed by atoms with Crippen molar-refractivity contribution in [2.45, 2.75) is 31.5 Å². The first-order valence-corrected chi connectivity index (χ1v) is 8.99. The quantitative estimate of drug-likeness (QED) is 0.817. The van der Waals surface area contributed by atoms with Crippen LogP contribution in [0.2, 0.25) is 0 Å². The van der Waals surface area contributed by atoms with Gasteiger partial charge < -0.3 is 14.4 Å². The lowest BCUT2D eigenvalue weighted by Gasteiger charge is -2.30. The SMILES string of the molecule is CCOP(=O)(OCC)C12CC1CNC2c1ccc(F)cc1. The molecule has 1 heterocycles. The second-order valence-corrected chi connectivity index (χ2v) is 7.96. The Balaban J connectivity index is 1.95. The fourth-order valence-electron chi connectivity index (χ4n) is 3.55. The molecular weight excluding hydrogens is 292 g/mol. The Labute approximate surface area is 124 Å². The second-order valence-electron chi connectivity index (χ2n) is 5.62. The molecule has 0 amide bonds. The molecule has 1 aliphatic heterocycles. The van der Waals surface area contributed by atoms with Gasteiger partial charge in [0.25, 0.3) is 0 Å². The molecule has 3 atom stereocenters. The van der Waals surface area contributed by atoms with Gasteiger partial charge >= 0.3 is 7.60 Å². The van der Waals surface area contributed by atoms with E-state index < -0.39 is 12.8 Å². The molecule has 0 spiro atoms. The van der Waals surface area contributed by atoms with Gasteiger partial charge in [0.2, 0.25) is 0 Å². The molecule has 1 aromatic carbocycles. The first-order valence-electron chi connectivity index (χ1n) is 7.45. The number of fused-ring (bicyclic) bond motifs is 1. The Morgan fingerprint density at radius 2 is 1.90 bits per heavy atom. The molecule has 1 saturated heterocycles. The molecule has 0 radical (unpaired) electrons. The number of hydrogen-bond acceptors (Lipinski definition) is 4. The molecule has 0 bridgehead atoms. The van der Waals surface area contributed by atoms with Gasteiger partial charge in [0, 0.05) is 6.04 Å². The standard InChI is InChI=1S/C15H21FNO3P/c1-3-19-21(18,20-4-2)15-9-12(15)10-17-14(15)11-5-7-13(16)8-6-11/h5-8,12,14,17H,3-4,9-10H2,1-2H3. The predicted molar refractivity (Wildman–Crippen MR) is 78.8 cm³/mol. The van der Waals surface area contributed by atoms with Gasteiger partial charge in [0.15, 0.2) is 0 Å². The fraction of sp³-hybridized carbons (Fsp3) is 0.600. The van der Waals surface area contributed by atoms with Crippen LogP contribution in [0.25, 0.3) is 0 Å². The molecule has 2 fully saturated rings. The Hall–Kier alpha value is -0.740. The zero-order chi connectivity index (χ0) is 15.1. The molecule has 1 aromatic rings. The van der Waals surface area contributed by atoms with Gasteiger partial charge in [-0.15, -0.1) is 0 Å². The highest BCUT2D eigenvalue weighted by Crippen LogP contribution is 2.79. The van der Waals surface area contributed by atoms with Crippen molar-refractivity contribution in [1.29, 1.82) is 0 Å². The van der Waals surface area contributed by atoms with Crippen molar-refractivity contribution < 1.29 is 18.0 Å². The van der Waals surface area contributed by atoms with Gasteiger partial charge in [0.1, 0.15) is 5.82 Å². The maximum atomic E-state index is 13.3. The van der Waals surface area contributed by atoms with E-state index in [1.54, 1.807) is 12.1 Å². The maximum Gasteiger partial charge on any atom is 0.338 e. The first-order chi connectivity index (χ1) is 10.1. The molecule has 2 aliphatic rings. The van der Waals surface area contributed by atoms with Crippen LogP contribution in [0.3, 0.4) is 0 Å². The van der Waals surface area contributed by atoms with E-state index in [1.807, 2.05) is 13.8 Å². The normalized spacial score (nSPS) is 31.2. The number of piperidine rings is 1. The summed E-state index contributed by atoms with van der Waals surface area (Å²) in [6, 6.07) is 6.27. The highest BCUT2D eigenvalue weighted by Gasteiger charge is 2.74. The summed E-state index contributed by atoms with van der Waals surface area (Å²) in [5, 5.41) is 2.91. The third-order valence-electron chi connectivity index (χ3n) is 4.50. The van der Waals surface area contributed by atoms with E-state index in [-0.39, 0.29) is 11.9 Å². The lowest BCUT2D eigenvalue weighted by Crippen LogP contribution is -2.29. The van der Waals surface area contributed by atoms with Gasteiger partial charge in [0.05, 0.1) is 18.4 Å². The topological polar surface area (TPSA) is 47.6 Å². The van der Waals surface area contributed by atoms with Crippen molar-refractivity contribution in [2.24, 2.45) is 5.92 Å². The number of benzene rings is 1. The number of nitrogens with one attached hydrogen (secondary N) is 1. The van der Waals surface area contributed by atoms with Crippen molar-refractivity contribution in [2.75, 3.05) is 19.8 Å².